The van der Waals surface area contributed by atoms with Gasteiger partial charge in [0, 0.05) is 12.6 Å². The minimum atomic E-state index is -4.01. The predicted molar refractivity (Wildman–Crippen MR) is 55.9 cm³/mol. The zero-order valence-corrected chi connectivity index (χ0v) is 9.19. The van der Waals surface area contributed by atoms with Crippen molar-refractivity contribution in [3.8, 4) is 0 Å². The molecule has 0 saturated heterocycles. The lowest BCUT2D eigenvalue weighted by atomic mass is 10.2. The third kappa shape index (κ3) is 3.34. The van der Waals surface area contributed by atoms with Crippen molar-refractivity contribution in [2.24, 2.45) is 4.99 Å². The highest BCUT2D eigenvalue weighted by Crippen LogP contribution is 2.06. The Hall–Kier alpha value is -1.40. The molecule has 0 fully saturated rings. The number of aliphatic imine (C=N–C) groups is 1. The van der Waals surface area contributed by atoms with E-state index in [4.69, 9.17) is 0 Å². The standard InChI is InChI=1S/C9H11NO4S/c1-10-9(14-15(11,12)13-2)8-6-4-3-5-7-8/h3-7H,1-2H3. The number of nitrogens with zero attached hydrogens (tertiary/aromatic N) is 1. The van der Waals surface area contributed by atoms with Crippen molar-refractivity contribution in [2.45, 2.75) is 0 Å². The van der Waals surface area contributed by atoms with Crippen LogP contribution in [0.2, 0.25) is 0 Å². The smallest absolute Gasteiger partial charge is 0.341 e. The Labute approximate surface area is 88.7 Å². The van der Waals surface area contributed by atoms with Crippen LogP contribution in [0.5, 0.6) is 0 Å². The van der Waals surface area contributed by atoms with Gasteiger partial charge in [-0.15, -0.1) is 0 Å². The van der Waals surface area contributed by atoms with Gasteiger partial charge in [0.05, 0.1) is 7.11 Å². The second-order valence-corrected chi connectivity index (χ2v) is 3.87. The van der Waals surface area contributed by atoms with Gasteiger partial charge >= 0.3 is 10.4 Å². The van der Waals surface area contributed by atoms with Gasteiger partial charge in [0.25, 0.3) is 0 Å². The van der Waals surface area contributed by atoms with Crippen LogP contribution in [-0.2, 0) is 18.8 Å². The summed E-state index contributed by atoms with van der Waals surface area (Å²) in [7, 11) is -1.55. The molecule has 0 bridgehead atoms. The minimum Gasteiger partial charge on any atom is -0.341 e. The van der Waals surface area contributed by atoms with E-state index in [0.29, 0.717) is 5.56 Å². The molecule has 1 aromatic carbocycles. The van der Waals surface area contributed by atoms with Crippen LogP contribution < -0.4 is 0 Å². The Morgan fingerprint density at radius 1 is 1.27 bits per heavy atom. The summed E-state index contributed by atoms with van der Waals surface area (Å²) in [6.45, 7) is 0. The first-order valence-corrected chi connectivity index (χ1v) is 5.44. The molecule has 0 unspecified atom stereocenters. The molecule has 0 saturated carbocycles. The molecule has 5 nitrogen and oxygen atoms in total. The summed E-state index contributed by atoms with van der Waals surface area (Å²) in [5, 5.41) is 0. The van der Waals surface area contributed by atoms with Gasteiger partial charge in [-0.1, -0.05) is 18.2 Å². The van der Waals surface area contributed by atoms with Crippen LogP contribution in [0.15, 0.2) is 35.3 Å². The molecule has 0 atom stereocenters. The van der Waals surface area contributed by atoms with E-state index in [1.54, 1.807) is 24.3 Å². The number of hydrogen-bond donors (Lipinski definition) is 0. The van der Waals surface area contributed by atoms with Gasteiger partial charge in [-0.25, -0.2) is 4.18 Å². The molecule has 1 aromatic rings. The highest BCUT2D eigenvalue weighted by atomic mass is 32.3. The summed E-state index contributed by atoms with van der Waals surface area (Å²) >= 11 is 0. The third-order valence-corrected chi connectivity index (χ3v) is 2.38. The maximum Gasteiger partial charge on any atom is 0.450 e. The molecule has 0 aromatic heterocycles. The highest BCUT2D eigenvalue weighted by Gasteiger charge is 2.15. The first-order valence-electron chi connectivity index (χ1n) is 4.11. The lowest BCUT2D eigenvalue weighted by Gasteiger charge is -2.06. The van der Waals surface area contributed by atoms with Gasteiger partial charge in [0.1, 0.15) is 0 Å². The molecule has 0 aliphatic heterocycles. The van der Waals surface area contributed by atoms with Crippen LogP contribution in [0.1, 0.15) is 5.56 Å². The molecule has 1 rings (SSSR count). The van der Waals surface area contributed by atoms with E-state index in [0.717, 1.165) is 7.11 Å². The average molecular weight is 229 g/mol. The van der Waals surface area contributed by atoms with E-state index in [1.165, 1.54) is 7.05 Å². The Balaban J connectivity index is 2.94. The zero-order chi connectivity index (χ0) is 11.3. The monoisotopic (exact) mass is 229 g/mol. The fourth-order valence-corrected chi connectivity index (χ4v) is 1.36. The summed E-state index contributed by atoms with van der Waals surface area (Å²) in [4.78, 5) is 3.73. The maximum atomic E-state index is 11.0. The van der Waals surface area contributed by atoms with Crippen LogP contribution in [0.3, 0.4) is 0 Å². The number of hydrogen-bond acceptors (Lipinski definition) is 5. The quantitative estimate of drug-likeness (QED) is 0.572. The largest absolute Gasteiger partial charge is 0.450 e. The average Bonchev–Trinajstić information content (AvgIpc) is 2.27. The van der Waals surface area contributed by atoms with Gasteiger partial charge in [0.2, 0.25) is 5.90 Å². The summed E-state index contributed by atoms with van der Waals surface area (Å²) < 4.78 is 30.8. The molecule has 0 aliphatic carbocycles. The molecule has 0 N–H and O–H groups in total. The molecule has 0 amide bonds. The molecule has 6 heteroatoms. The number of rotatable bonds is 3. The summed E-state index contributed by atoms with van der Waals surface area (Å²) in [5.41, 5.74) is 0.570. The van der Waals surface area contributed by atoms with Gasteiger partial charge in [-0.05, 0) is 12.1 Å². The van der Waals surface area contributed by atoms with Crippen LogP contribution in [0.4, 0.5) is 0 Å². The maximum absolute atomic E-state index is 11.0. The van der Waals surface area contributed by atoms with Crippen LogP contribution in [-0.4, -0.2) is 28.5 Å². The summed E-state index contributed by atoms with van der Waals surface area (Å²) in [6, 6.07) is 8.69. The zero-order valence-electron chi connectivity index (χ0n) is 8.38. The van der Waals surface area contributed by atoms with Crippen molar-refractivity contribution in [1.82, 2.24) is 0 Å². The van der Waals surface area contributed by atoms with Gasteiger partial charge in [-0.2, -0.15) is 8.42 Å². The van der Waals surface area contributed by atoms with E-state index < -0.39 is 10.4 Å². The van der Waals surface area contributed by atoms with Gasteiger partial charge in [-0.3, -0.25) is 4.99 Å². The summed E-state index contributed by atoms with van der Waals surface area (Å²) in [6.07, 6.45) is 0. The fraction of sp³-hybridized carbons (Fsp3) is 0.222. The lowest BCUT2D eigenvalue weighted by Crippen LogP contribution is -2.15. The van der Waals surface area contributed by atoms with E-state index in [9.17, 15) is 8.42 Å². The van der Waals surface area contributed by atoms with Crippen molar-refractivity contribution >= 4 is 16.3 Å². The highest BCUT2D eigenvalue weighted by molar-refractivity contribution is 7.82. The Morgan fingerprint density at radius 2 is 1.87 bits per heavy atom. The van der Waals surface area contributed by atoms with E-state index in [-0.39, 0.29) is 5.90 Å². The molecule has 0 heterocycles. The van der Waals surface area contributed by atoms with E-state index >= 15 is 0 Å². The Bertz CT molecular complexity index is 438. The van der Waals surface area contributed by atoms with Crippen molar-refractivity contribution in [2.75, 3.05) is 14.2 Å². The molecule has 15 heavy (non-hydrogen) atoms. The van der Waals surface area contributed by atoms with Crippen LogP contribution >= 0.6 is 0 Å². The molecule has 0 spiro atoms. The first kappa shape index (κ1) is 11.7. The Morgan fingerprint density at radius 3 is 2.33 bits per heavy atom. The Kier molecular flexibility index (Phi) is 3.81. The third-order valence-electron chi connectivity index (χ3n) is 1.61. The van der Waals surface area contributed by atoms with Gasteiger partial charge < -0.3 is 4.18 Å². The first-order chi connectivity index (χ1) is 7.09. The molecule has 0 aliphatic rings. The number of benzene rings is 1. The predicted octanol–water partition coefficient (Wildman–Crippen LogP) is 0.971. The molecule has 82 valence electrons. The van der Waals surface area contributed by atoms with Crippen molar-refractivity contribution in [3.63, 3.8) is 0 Å². The SMILES string of the molecule is CN=C(OS(=O)(=O)OC)c1ccccc1. The van der Waals surface area contributed by atoms with Crippen molar-refractivity contribution in [1.29, 1.82) is 0 Å². The topological polar surface area (TPSA) is 65.0 Å². The molecular formula is C9H11NO4S. The van der Waals surface area contributed by atoms with Crippen molar-refractivity contribution in [3.05, 3.63) is 35.9 Å². The van der Waals surface area contributed by atoms with Crippen LogP contribution in [0.25, 0.3) is 0 Å². The lowest BCUT2D eigenvalue weighted by molar-refractivity contribution is 0.327. The minimum absolute atomic E-state index is 0.00236. The summed E-state index contributed by atoms with van der Waals surface area (Å²) in [5.74, 6) is -0.00236. The second kappa shape index (κ2) is 4.90. The second-order valence-electron chi connectivity index (χ2n) is 2.55. The fourth-order valence-electron chi connectivity index (χ4n) is 0.926. The van der Waals surface area contributed by atoms with Gasteiger partial charge in [0.15, 0.2) is 0 Å². The van der Waals surface area contributed by atoms with E-state index in [2.05, 4.69) is 13.4 Å². The molecular weight excluding hydrogens is 218 g/mol. The normalized spacial score (nSPS) is 12.5. The molecule has 0 radical (unpaired) electrons. The van der Waals surface area contributed by atoms with Crippen molar-refractivity contribution < 1.29 is 16.8 Å². The van der Waals surface area contributed by atoms with Crippen LogP contribution in [0, 0.1) is 0 Å². The van der Waals surface area contributed by atoms with E-state index in [1.807, 2.05) is 6.07 Å².